The third-order valence-corrected chi connectivity index (χ3v) is 8.19. The van der Waals surface area contributed by atoms with E-state index in [1.807, 2.05) is 13.8 Å². The molecule has 29 heavy (non-hydrogen) atoms. The van der Waals surface area contributed by atoms with Crippen LogP contribution in [0, 0.1) is 5.41 Å². The third-order valence-electron chi connectivity index (χ3n) is 6.39. The van der Waals surface area contributed by atoms with E-state index < -0.39 is 22.2 Å². The molecule has 1 aromatic carbocycles. The topological polar surface area (TPSA) is 70.1 Å². The molecule has 6 nitrogen and oxygen atoms in total. The van der Waals surface area contributed by atoms with Gasteiger partial charge in [0, 0.05) is 37.1 Å². The minimum atomic E-state index is -3.64. The largest absolute Gasteiger partial charge is 0.435 e. The molecular formula is C20H28F2N2O4S. The van der Waals surface area contributed by atoms with Crippen LogP contribution >= 0.6 is 0 Å². The van der Waals surface area contributed by atoms with Gasteiger partial charge in [0.1, 0.15) is 5.75 Å². The zero-order valence-corrected chi connectivity index (χ0v) is 17.5. The van der Waals surface area contributed by atoms with Crippen LogP contribution < -0.4 is 4.74 Å². The molecule has 162 valence electrons. The molecule has 0 saturated carbocycles. The fourth-order valence-corrected chi connectivity index (χ4v) is 6.98. The molecule has 1 N–H and O–H groups in total. The minimum absolute atomic E-state index is 0.00767. The van der Waals surface area contributed by atoms with Crippen molar-refractivity contribution in [2.75, 3.05) is 19.6 Å². The number of sulfonamides is 1. The van der Waals surface area contributed by atoms with E-state index in [-0.39, 0.29) is 16.1 Å². The number of benzene rings is 1. The first kappa shape index (κ1) is 21.0. The van der Waals surface area contributed by atoms with Crippen molar-refractivity contribution in [2.24, 2.45) is 5.41 Å². The van der Waals surface area contributed by atoms with Crippen molar-refractivity contribution in [2.45, 2.75) is 68.7 Å². The number of rotatable bonds is 6. The maximum absolute atomic E-state index is 12.9. The molecule has 3 aliphatic heterocycles. The van der Waals surface area contributed by atoms with Crippen LogP contribution in [0.3, 0.4) is 0 Å². The molecule has 3 aliphatic rings. The summed E-state index contributed by atoms with van der Waals surface area (Å²) < 4.78 is 56.1. The summed E-state index contributed by atoms with van der Waals surface area (Å²) >= 11 is 0. The average molecular weight is 431 g/mol. The second-order valence-corrected chi connectivity index (χ2v) is 11.3. The predicted molar refractivity (Wildman–Crippen MR) is 103 cm³/mol. The monoisotopic (exact) mass is 430 g/mol. The highest BCUT2D eigenvalue weighted by Gasteiger charge is 2.56. The van der Waals surface area contributed by atoms with Crippen molar-refractivity contribution >= 4 is 10.0 Å². The van der Waals surface area contributed by atoms with E-state index in [1.54, 1.807) is 0 Å². The lowest BCUT2D eigenvalue weighted by atomic mass is 9.70. The summed E-state index contributed by atoms with van der Waals surface area (Å²) in [6.07, 6.45) is 4.10. The summed E-state index contributed by atoms with van der Waals surface area (Å²) in [4.78, 5) is 2.50. The van der Waals surface area contributed by atoms with E-state index in [4.69, 9.17) is 0 Å². The second kappa shape index (κ2) is 7.14. The highest BCUT2D eigenvalue weighted by molar-refractivity contribution is 7.89. The van der Waals surface area contributed by atoms with E-state index >= 15 is 0 Å². The molecule has 3 heterocycles. The molecular weight excluding hydrogens is 402 g/mol. The number of aliphatic hydroxyl groups is 1. The van der Waals surface area contributed by atoms with Crippen LogP contribution in [0.15, 0.2) is 29.2 Å². The third kappa shape index (κ3) is 4.15. The minimum Gasteiger partial charge on any atom is -0.435 e. The Labute approximate surface area is 170 Å². The Morgan fingerprint density at radius 3 is 2.21 bits per heavy atom. The van der Waals surface area contributed by atoms with Gasteiger partial charge in [0.2, 0.25) is 10.0 Å². The maximum Gasteiger partial charge on any atom is 0.387 e. The van der Waals surface area contributed by atoms with Crippen molar-refractivity contribution in [3.8, 4) is 5.75 Å². The molecule has 3 saturated heterocycles. The summed E-state index contributed by atoms with van der Waals surface area (Å²) in [5.41, 5.74) is -0.728. The molecule has 2 atom stereocenters. The highest BCUT2D eigenvalue weighted by atomic mass is 32.2. The van der Waals surface area contributed by atoms with E-state index in [0.717, 1.165) is 25.7 Å². The zero-order chi connectivity index (χ0) is 21.0. The highest BCUT2D eigenvalue weighted by Crippen LogP contribution is 2.51. The SMILES string of the molecule is CC(C)(O)CN1[C@@H]2CC[C@H]1CC1(C2)CN(S(=O)(=O)c2ccc(OC(F)F)cc2)C1. The Bertz CT molecular complexity index is 832. The van der Waals surface area contributed by atoms with Crippen LogP contribution in [0.25, 0.3) is 0 Å². The Morgan fingerprint density at radius 2 is 1.72 bits per heavy atom. The molecule has 3 fully saturated rings. The quantitative estimate of drug-likeness (QED) is 0.752. The van der Waals surface area contributed by atoms with Gasteiger partial charge in [0.05, 0.1) is 10.5 Å². The normalized spacial score (nSPS) is 27.4. The number of halogens is 2. The Balaban J connectivity index is 1.41. The second-order valence-electron chi connectivity index (χ2n) is 9.40. The van der Waals surface area contributed by atoms with E-state index in [1.165, 1.54) is 28.6 Å². The van der Waals surface area contributed by atoms with Gasteiger partial charge in [-0.25, -0.2) is 8.42 Å². The number of fused-ring (bicyclic) bond motifs is 2. The van der Waals surface area contributed by atoms with Gasteiger partial charge in [-0.3, -0.25) is 4.90 Å². The van der Waals surface area contributed by atoms with Gasteiger partial charge in [-0.05, 0) is 63.8 Å². The molecule has 0 unspecified atom stereocenters. The van der Waals surface area contributed by atoms with Crippen molar-refractivity contribution in [1.82, 2.24) is 9.21 Å². The Kier molecular flexibility index (Phi) is 5.16. The first-order chi connectivity index (χ1) is 13.5. The molecule has 4 rings (SSSR count). The van der Waals surface area contributed by atoms with Gasteiger partial charge in [0.25, 0.3) is 0 Å². The smallest absolute Gasteiger partial charge is 0.387 e. The first-order valence-electron chi connectivity index (χ1n) is 10.0. The van der Waals surface area contributed by atoms with Crippen LogP contribution in [0.1, 0.15) is 39.5 Å². The van der Waals surface area contributed by atoms with Gasteiger partial charge in [-0.1, -0.05) is 0 Å². The number of piperidine rings is 1. The maximum atomic E-state index is 12.9. The number of hydrogen-bond acceptors (Lipinski definition) is 5. The Morgan fingerprint density at radius 1 is 1.17 bits per heavy atom. The summed E-state index contributed by atoms with van der Waals surface area (Å²) in [5, 5.41) is 10.2. The predicted octanol–water partition coefficient (Wildman–Crippen LogP) is 2.68. The van der Waals surface area contributed by atoms with Crippen molar-refractivity contribution in [3.05, 3.63) is 24.3 Å². The summed E-state index contributed by atoms with van der Waals surface area (Å²) in [7, 11) is -3.64. The lowest BCUT2D eigenvalue weighted by molar-refractivity contribution is -0.0612. The van der Waals surface area contributed by atoms with E-state index in [9.17, 15) is 22.3 Å². The van der Waals surface area contributed by atoms with Crippen LogP contribution in [0.2, 0.25) is 0 Å². The fraction of sp³-hybridized carbons (Fsp3) is 0.700. The Hall–Kier alpha value is -1.29. The molecule has 0 aliphatic carbocycles. The molecule has 0 amide bonds. The van der Waals surface area contributed by atoms with Crippen molar-refractivity contribution in [1.29, 1.82) is 0 Å². The molecule has 1 aromatic rings. The average Bonchev–Trinajstić information content (AvgIpc) is 2.81. The van der Waals surface area contributed by atoms with Gasteiger partial charge in [0.15, 0.2) is 0 Å². The van der Waals surface area contributed by atoms with Gasteiger partial charge < -0.3 is 9.84 Å². The molecule has 9 heteroatoms. The van der Waals surface area contributed by atoms with E-state index in [2.05, 4.69) is 9.64 Å². The molecule has 1 spiro atoms. The van der Waals surface area contributed by atoms with Crippen molar-refractivity contribution in [3.63, 3.8) is 0 Å². The van der Waals surface area contributed by atoms with Crippen LogP contribution in [-0.4, -0.2) is 66.7 Å². The number of alkyl halides is 2. The van der Waals surface area contributed by atoms with Crippen LogP contribution in [0.5, 0.6) is 5.75 Å². The van der Waals surface area contributed by atoms with Crippen LogP contribution in [0.4, 0.5) is 8.78 Å². The van der Waals surface area contributed by atoms with E-state index in [0.29, 0.717) is 31.7 Å². The molecule has 0 radical (unpaired) electrons. The number of hydrogen-bond donors (Lipinski definition) is 1. The summed E-state index contributed by atoms with van der Waals surface area (Å²) in [6, 6.07) is 5.93. The van der Waals surface area contributed by atoms with Gasteiger partial charge in [-0.15, -0.1) is 0 Å². The number of nitrogens with zero attached hydrogens (tertiary/aromatic N) is 2. The van der Waals surface area contributed by atoms with Crippen LogP contribution in [-0.2, 0) is 10.0 Å². The summed E-state index contributed by atoms with van der Waals surface area (Å²) in [6.45, 7) is 2.35. The fourth-order valence-electron chi connectivity index (χ4n) is 5.31. The lowest BCUT2D eigenvalue weighted by Crippen LogP contribution is -2.64. The van der Waals surface area contributed by atoms with Gasteiger partial charge >= 0.3 is 6.61 Å². The zero-order valence-electron chi connectivity index (χ0n) is 16.7. The molecule has 2 bridgehead atoms. The number of ether oxygens (including phenoxy) is 1. The van der Waals surface area contributed by atoms with Crippen molar-refractivity contribution < 1.29 is 27.0 Å². The molecule has 0 aromatic heterocycles. The summed E-state index contributed by atoms with van der Waals surface area (Å²) in [5.74, 6) is -0.0604. The first-order valence-corrected chi connectivity index (χ1v) is 11.4. The standard InChI is InChI=1S/C20H28F2N2O4S/c1-19(2,25)11-24-14-3-4-15(24)10-20(9-14)12-23(13-20)29(26,27)17-7-5-16(6-8-17)28-18(21)22/h5-8,14-15,18,25H,3-4,9-13H2,1-2H3/t14-,15+. The lowest BCUT2D eigenvalue weighted by Gasteiger charge is -2.56. The van der Waals surface area contributed by atoms with Gasteiger partial charge in [-0.2, -0.15) is 13.1 Å².